The Balaban J connectivity index is -0.000000124. The van der Waals surface area contributed by atoms with Gasteiger partial charge in [-0.1, -0.05) is 13.3 Å². The van der Waals surface area contributed by atoms with Crippen LogP contribution >= 0.6 is 0 Å². The first kappa shape index (κ1) is 18.2. The van der Waals surface area contributed by atoms with Crippen LogP contribution in [0.25, 0.3) is 0 Å². The largest absolute Gasteiger partial charge is 1.00 e. The summed E-state index contributed by atoms with van der Waals surface area (Å²) in [5.41, 5.74) is 0. The summed E-state index contributed by atoms with van der Waals surface area (Å²) in [6.07, 6.45) is 2.28. The Morgan fingerprint density at radius 1 is 1.08 bits per heavy atom. The second-order valence-electron chi connectivity index (χ2n) is 1.93. The molecule has 0 aromatic heterocycles. The maximum Gasteiger partial charge on any atom is 1.00 e. The van der Waals surface area contributed by atoms with Crippen LogP contribution in [-0.2, 0) is 0 Å². The van der Waals surface area contributed by atoms with Crippen molar-refractivity contribution in [1.29, 1.82) is 0 Å². The molecular weight excluding hydrogens is 134 g/mol. The van der Waals surface area contributed by atoms with Crippen LogP contribution in [0.3, 0.4) is 0 Å². The van der Waals surface area contributed by atoms with Gasteiger partial charge in [-0.25, -0.2) is 0 Å². The van der Waals surface area contributed by atoms with Crippen molar-refractivity contribution in [2.24, 2.45) is 0 Å². The normalized spacial score (nSPS) is 6.50. The minimum Gasteiger partial charge on any atom is -0.343 e. The molecule has 0 fully saturated rings. The van der Waals surface area contributed by atoms with Gasteiger partial charge in [0.05, 0.1) is 0 Å². The molecule has 12 heavy (non-hydrogen) atoms. The second kappa shape index (κ2) is 17.5. The van der Waals surface area contributed by atoms with E-state index < -0.39 is 0 Å². The fourth-order valence-corrected chi connectivity index (χ4v) is 0.342. The number of rotatable bonds is 1. The first-order valence-electron chi connectivity index (χ1n) is 3.62. The van der Waals surface area contributed by atoms with E-state index in [9.17, 15) is 0 Å². The fourth-order valence-electron chi connectivity index (χ4n) is 0.342. The maximum absolute atomic E-state index is 3.60. The van der Waals surface area contributed by atoms with Crippen molar-refractivity contribution in [3.8, 4) is 0 Å². The number of hydrogen-bond acceptors (Lipinski definition) is 0. The molecule has 0 atom stereocenters. The second-order valence-corrected chi connectivity index (χ2v) is 1.93. The molecule has 1 aromatic rings. The van der Waals surface area contributed by atoms with Gasteiger partial charge in [-0.05, 0) is 0 Å². The zero-order valence-corrected chi connectivity index (χ0v) is 8.51. The van der Waals surface area contributed by atoms with Crippen molar-refractivity contribution in [2.75, 3.05) is 0 Å². The molecule has 0 bridgehead atoms. The summed E-state index contributed by atoms with van der Waals surface area (Å²) in [5.74, 6) is 0. The molecule has 56 valence electrons. The molecule has 0 unspecified atom stereocenters. The molecule has 0 spiro atoms. The Kier molecular flexibility index (Phi) is 26.6. The third kappa shape index (κ3) is 16.8. The quantitative estimate of drug-likeness (QED) is 0.296. The predicted molar refractivity (Wildman–Crippen MR) is 45.5 cm³/mol. The molecule has 0 aliphatic rings. The van der Waals surface area contributed by atoms with Crippen molar-refractivity contribution in [3.05, 3.63) is 43.3 Å². The molecule has 0 N–H and O–H groups in total. The van der Waals surface area contributed by atoms with E-state index in [4.69, 9.17) is 0 Å². The van der Waals surface area contributed by atoms with Crippen LogP contribution in [0.2, 0.25) is 0 Å². The van der Waals surface area contributed by atoms with Gasteiger partial charge in [-0.2, -0.15) is 42.8 Å². The first-order chi connectivity index (χ1) is 4.91. The minimum absolute atomic E-state index is 0. The molecule has 2 heteroatoms. The summed E-state index contributed by atoms with van der Waals surface area (Å²) in [5, 5.41) is 0. The van der Waals surface area contributed by atoms with Crippen molar-refractivity contribution in [3.63, 3.8) is 0 Å². The molecule has 0 saturated carbocycles. The Morgan fingerprint density at radius 3 is 1.58 bits per heavy atom. The average molecular weight is 148 g/mol. The molecule has 1 rings (SSSR count). The molecule has 0 aliphatic carbocycles. The molecule has 0 radical (unpaired) electrons. The van der Waals surface area contributed by atoms with Gasteiger partial charge in [-0.3, -0.25) is 0 Å². The van der Waals surface area contributed by atoms with E-state index in [1.54, 1.807) is 0 Å². The van der Waals surface area contributed by atoms with E-state index in [-0.39, 0.29) is 37.7 Å². The SMILES string of the molecule is [CH2-]CCC.[Li+].[Li+].[c-]1ccccc1. The Hall–Kier alpha value is 0.415. The predicted octanol–water partition coefficient (Wildman–Crippen LogP) is -2.88. The Bertz CT molecular complexity index is 99.8. The molecule has 0 aliphatic heterocycles. The standard InChI is InChI=1S/C6H5.C4H9.2Li/c1-2-4-6-5-3-1;1-3-4-2;;/h1-5H;1,3-4H2,2H3;;/q2*-1;2*+1. The summed E-state index contributed by atoms with van der Waals surface area (Å²) >= 11 is 0. The fraction of sp³-hybridized carbons (Fsp3) is 0.300. The average Bonchev–Trinajstić information content (AvgIpc) is 2.08. The van der Waals surface area contributed by atoms with Gasteiger partial charge in [-0.15, -0.1) is 0 Å². The summed E-state index contributed by atoms with van der Waals surface area (Å²) in [6.45, 7) is 5.72. The van der Waals surface area contributed by atoms with Gasteiger partial charge in [0.15, 0.2) is 0 Å². The van der Waals surface area contributed by atoms with Crippen molar-refractivity contribution < 1.29 is 37.7 Å². The summed E-state index contributed by atoms with van der Waals surface area (Å²) in [7, 11) is 0. The summed E-state index contributed by atoms with van der Waals surface area (Å²) in [6, 6.07) is 12.5. The third-order valence-corrected chi connectivity index (χ3v) is 0.961. The monoisotopic (exact) mass is 148 g/mol. The van der Waals surface area contributed by atoms with Crippen LogP contribution in [0.4, 0.5) is 0 Å². The summed E-state index contributed by atoms with van der Waals surface area (Å²) < 4.78 is 0. The first-order valence-corrected chi connectivity index (χ1v) is 3.62. The van der Waals surface area contributed by atoms with Crippen molar-refractivity contribution in [2.45, 2.75) is 19.8 Å². The van der Waals surface area contributed by atoms with Crippen LogP contribution < -0.4 is 37.7 Å². The van der Waals surface area contributed by atoms with Crippen LogP contribution in [0.5, 0.6) is 0 Å². The van der Waals surface area contributed by atoms with Crippen LogP contribution in [0.15, 0.2) is 30.3 Å². The van der Waals surface area contributed by atoms with Crippen molar-refractivity contribution in [1.82, 2.24) is 0 Å². The Labute approximate surface area is 100 Å². The summed E-state index contributed by atoms with van der Waals surface area (Å²) in [4.78, 5) is 0. The van der Waals surface area contributed by atoms with Gasteiger partial charge in [0.25, 0.3) is 0 Å². The number of hydrogen-bond donors (Lipinski definition) is 0. The van der Waals surface area contributed by atoms with Gasteiger partial charge in [0, 0.05) is 0 Å². The molecule has 0 amide bonds. The van der Waals surface area contributed by atoms with E-state index in [0.717, 1.165) is 6.42 Å². The Morgan fingerprint density at radius 2 is 1.50 bits per heavy atom. The van der Waals surface area contributed by atoms with E-state index in [0.29, 0.717) is 0 Å². The molecule has 0 saturated heterocycles. The minimum atomic E-state index is 0. The van der Waals surface area contributed by atoms with E-state index >= 15 is 0 Å². The van der Waals surface area contributed by atoms with E-state index in [1.165, 1.54) is 6.42 Å². The smallest absolute Gasteiger partial charge is 0.343 e. The molecule has 0 heterocycles. The van der Waals surface area contributed by atoms with Crippen molar-refractivity contribution >= 4 is 0 Å². The van der Waals surface area contributed by atoms with E-state index in [1.807, 2.05) is 30.3 Å². The molecule has 1 aromatic carbocycles. The zero-order chi connectivity index (χ0) is 7.66. The molecular formula is C10H14Li2. The van der Waals surface area contributed by atoms with Crippen LogP contribution in [0, 0.1) is 13.0 Å². The van der Waals surface area contributed by atoms with Crippen LogP contribution in [-0.4, -0.2) is 0 Å². The van der Waals surface area contributed by atoms with Gasteiger partial charge < -0.3 is 6.92 Å². The maximum atomic E-state index is 3.60. The van der Waals surface area contributed by atoms with E-state index in [2.05, 4.69) is 19.9 Å². The topological polar surface area (TPSA) is 0 Å². The third-order valence-electron chi connectivity index (χ3n) is 0.961. The number of unbranched alkanes of at least 4 members (excludes halogenated alkanes) is 1. The van der Waals surface area contributed by atoms with Crippen LogP contribution in [0.1, 0.15) is 19.8 Å². The van der Waals surface area contributed by atoms with Gasteiger partial charge in [0.1, 0.15) is 0 Å². The zero-order valence-electron chi connectivity index (χ0n) is 8.51. The van der Waals surface area contributed by atoms with Gasteiger partial charge >= 0.3 is 37.7 Å². The number of benzene rings is 1. The molecule has 0 nitrogen and oxygen atoms in total. The van der Waals surface area contributed by atoms with Gasteiger partial charge in [0.2, 0.25) is 0 Å².